The summed E-state index contributed by atoms with van der Waals surface area (Å²) in [6, 6.07) is 0. The number of aliphatic hydroxyl groups excluding tert-OH is 2. The summed E-state index contributed by atoms with van der Waals surface area (Å²) in [6.07, 6.45) is 15.0. The van der Waals surface area contributed by atoms with Crippen LogP contribution in [0.2, 0.25) is 0 Å². The lowest BCUT2D eigenvalue weighted by Crippen LogP contribution is -2.30. The summed E-state index contributed by atoms with van der Waals surface area (Å²) in [4.78, 5) is 0. The Labute approximate surface area is 161 Å². The molecule has 26 heavy (non-hydrogen) atoms. The second-order valence-corrected chi connectivity index (χ2v) is 7.21. The van der Waals surface area contributed by atoms with Gasteiger partial charge in [-0.3, -0.25) is 0 Å². The maximum atomic E-state index is 9.31. The molecule has 0 rings (SSSR count). The van der Waals surface area contributed by atoms with Crippen molar-refractivity contribution in [1.29, 1.82) is 0 Å². The molecule has 0 radical (unpaired) electrons. The largest absolute Gasteiger partial charge is 0.394 e. The number of aliphatic hydroxyl groups is 2. The van der Waals surface area contributed by atoms with E-state index in [4.69, 9.17) is 19.3 Å². The first-order valence-electron chi connectivity index (χ1n) is 10.7. The van der Waals surface area contributed by atoms with E-state index in [1.54, 1.807) is 7.11 Å². The summed E-state index contributed by atoms with van der Waals surface area (Å²) in [5.74, 6) is 0. The summed E-state index contributed by atoms with van der Waals surface area (Å²) in [5, 5.41) is 18.1. The van der Waals surface area contributed by atoms with Crippen LogP contribution in [-0.4, -0.2) is 62.6 Å². The molecule has 0 saturated heterocycles. The Kier molecular flexibility index (Phi) is 20.9. The van der Waals surface area contributed by atoms with Gasteiger partial charge < -0.3 is 24.4 Å². The Balaban J connectivity index is 3.34. The molecule has 0 fully saturated rings. The molecular formula is C21H44O5. The highest BCUT2D eigenvalue weighted by atomic mass is 16.6. The van der Waals surface area contributed by atoms with E-state index in [9.17, 15) is 5.11 Å². The van der Waals surface area contributed by atoms with Gasteiger partial charge in [-0.1, -0.05) is 77.6 Å². The van der Waals surface area contributed by atoms with Crippen LogP contribution in [0.4, 0.5) is 0 Å². The molecule has 0 saturated carbocycles. The predicted octanol–water partition coefficient (Wildman–Crippen LogP) is 4.09. The van der Waals surface area contributed by atoms with E-state index in [-0.39, 0.29) is 19.3 Å². The minimum absolute atomic E-state index is 0.104. The fraction of sp³-hybridized carbons (Fsp3) is 1.00. The SMILES string of the molecule is CCCCCCCCCCCCCCOCC(COC)OCC(O)CO. The van der Waals surface area contributed by atoms with E-state index in [0.29, 0.717) is 13.2 Å². The quantitative estimate of drug-likeness (QED) is 0.295. The predicted molar refractivity (Wildman–Crippen MR) is 107 cm³/mol. The van der Waals surface area contributed by atoms with Crippen molar-refractivity contribution < 1.29 is 24.4 Å². The van der Waals surface area contributed by atoms with Gasteiger partial charge in [0.25, 0.3) is 0 Å². The lowest BCUT2D eigenvalue weighted by Gasteiger charge is -2.18. The van der Waals surface area contributed by atoms with E-state index >= 15 is 0 Å². The topological polar surface area (TPSA) is 68.2 Å². The van der Waals surface area contributed by atoms with Gasteiger partial charge in [0, 0.05) is 13.7 Å². The average molecular weight is 377 g/mol. The Morgan fingerprint density at radius 1 is 0.731 bits per heavy atom. The molecule has 0 aliphatic heterocycles. The highest BCUT2D eigenvalue weighted by Crippen LogP contribution is 2.12. The van der Waals surface area contributed by atoms with E-state index in [0.717, 1.165) is 13.0 Å². The molecule has 158 valence electrons. The Morgan fingerprint density at radius 3 is 1.77 bits per heavy atom. The normalized spacial score (nSPS) is 13.8. The first kappa shape index (κ1) is 25.8. The molecule has 0 aromatic rings. The Bertz CT molecular complexity index is 263. The molecular weight excluding hydrogens is 332 g/mol. The van der Waals surface area contributed by atoms with Crippen molar-refractivity contribution in [3.8, 4) is 0 Å². The van der Waals surface area contributed by atoms with Gasteiger partial charge in [-0.2, -0.15) is 0 Å². The van der Waals surface area contributed by atoms with E-state index in [2.05, 4.69) is 6.92 Å². The lowest BCUT2D eigenvalue weighted by atomic mass is 10.1. The van der Waals surface area contributed by atoms with Crippen molar-refractivity contribution in [2.24, 2.45) is 0 Å². The molecule has 5 nitrogen and oxygen atoms in total. The highest BCUT2D eigenvalue weighted by Gasteiger charge is 2.12. The standard InChI is InChI=1S/C21H44O5/c1-3-4-5-6-7-8-9-10-11-12-13-14-15-25-19-21(18-24-2)26-17-20(23)16-22/h20-23H,3-19H2,1-2H3. The molecule has 0 bridgehead atoms. The van der Waals surface area contributed by atoms with Gasteiger partial charge in [-0.25, -0.2) is 0 Å². The van der Waals surface area contributed by atoms with Crippen LogP contribution in [0.25, 0.3) is 0 Å². The molecule has 0 aromatic heterocycles. The molecule has 5 heteroatoms. The maximum absolute atomic E-state index is 9.31. The molecule has 0 aliphatic rings. The van der Waals surface area contributed by atoms with Crippen molar-refractivity contribution in [3.63, 3.8) is 0 Å². The minimum atomic E-state index is -0.842. The van der Waals surface area contributed by atoms with Crippen molar-refractivity contribution in [3.05, 3.63) is 0 Å². The molecule has 0 heterocycles. The molecule has 0 amide bonds. The number of ether oxygens (including phenoxy) is 3. The van der Waals surface area contributed by atoms with Crippen molar-refractivity contribution >= 4 is 0 Å². The summed E-state index contributed by atoms with van der Waals surface area (Å²) in [7, 11) is 1.62. The van der Waals surface area contributed by atoms with Gasteiger partial charge >= 0.3 is 0 Å². The summed E-state index contributed by atoms with van der Waals surface area (Å²) < 4.78 is 16.2. The van der Waals surface area contributed by atoms with Crippen LogP contribution in [-0.2, 0) is 14.2 Å². The molecule has 0 spiro atoms. The van der Waals surface area contributed by atoms with Gasteiger partial charge in [-0.15, -0.1) is 0 Å². The average Bonchev–Trinajstić information content (AvgIpc) is 2.65. The van der Waals surface area contributed by atoms with Crippen LogP contribution >= 0.6 is 0 Å². The van der Waals surface area contributed by atoms with E-state index in [1.165, 1.54) is 70.6 Å². The van der Waals surface area contributed by atoms with E-state index < -0.39 is 6.10 Å². The maximum Gasteiger partial charge on any atom is 0.104 e. The van der Waals surface area contributed by atoms with Crippen LogP contribution < -0.4 is 0 Å². The number of methoxy groups -OCH3 is 1. The van der Waals surface area contributed by atoms with Gasteiger partial charge in [0.05, 0.1) is 26.4 Å². The second-order valence-electron chi connectivity index (χ2n) is 7.21. The number of unbranched alkanes of at least 4 members (excludes halogenated alkanes) is 11. The molecule has 0 aliphatic carbocycles. The van der Waals surface area contributed by atoms with Crippen LogP contribution in [0, 0.1) is 0 Å². The fourth-order valence-electron chi connectivity index (χ4n) is 2.89. The third kappa shape index (κ3) is 18.6. The molecule has 2 unspecified atom stereocenters. The first-order chi connectivity index (χ1) is 12.7. The third-order valence-corrected chi connectivity index (χ3v) is 4.53. The van der Waals surface area contributed by atoms with Gasteiger partial charge in [0.1, 0.15) is 12.2 Å². The Hall–Kier alpha value is -0.200. The number of hydrogen-bond acceptors (Lipinski definition) is 5. The van der Waals surface area contributed by atoms with Crippen molar-refractivity contribution in [1.82, 2.24) is 0 Å². The summed E-state index contributed by atoms with van der Waals surface area (Å²) in [5.41, 5.74) is 0. The molecule has 2 atom stereocenters. The highest BCUT2D eigenvalue weighted by molar-refractivity contribution is 4.58. The zero-order valence-electron chi connectivity index (χ0n) is 17.3. The first-order valence-corrected chi connectivity index (χ1v) is 10.7. The van der Waals surface area contributed by atoms with Crippen LogP contribution in [0.3, 0.4) is 0 Å². The van der Waals surface area contributed by atoms with Gasteiger partial charge in [-0.05, 0) is 6.42 Å². The van der Waals surface area contributed by atoms with E-state index in [1.807, 2.05) is 0 Å². The van der Waals surface area contributed by atoms with Crippen LogP contribution in [0.15, 0.2) is 0 Å². The zero-order chi connectivity index (χ0) is 19.3. The van der Waals surface area contributed by atoms with Gasteiger partial charge in [0.15, 0.2) is 0 Å². The molecule has 2 N–H and O–H groups in total. The monoisotopic (exact) mass is 376 g/mol. The number of hydrogen-bond donors (Lipinski definition) is 2. The van der Waals surface area contributed by atoms with Crippen molar-refractivity contribution in [2.75, 3.05) is 40.1 Å². The van der Waals surface area contributed by atoms with Crippen LogP contribution in [0.5, 0.6) is 0 Å². The summed E-state index contributed by atoms with van der Waals surface area (Å²) >= 11 is 0. The molecule has 0 aromatic carbocycles. The van der Waals surface area contributed by atoms with Crippen molar-refractivity contribution in [2.45, 2.75) is 96.2 Å². The smallest absolute Gasteiger partial charge is 0.104 e. The lowest BCUT2D eigenvalue weighted by molar-refractivity contribution is -0.0822. The van der Waals surface area contributed by atoms with Crippen LogP contribution in [0.1, 0.15) is 84.0 Å². The fourth-order valence-corrected chi connectivity index (χ4v) is 2.89. The second kappa shape index (κ2) is 21.1. The number of rotatable bonds is 21. The summed E-state index contributed by atoms with van der Waals surface area (Å²) in [6.45, 7) is 3.71. The third-order valence-electron chi connectivity index (χ3n) is 4.53. The minimum Gasteiger partial charge on any atom is -0.394 e. The zero-order valence-corrected chi connectivity index (χ0v) is 17.3. The Morgan fingerprint density at radius 2 is 1.27 bits per heavy atom. The van der Waals surface area contributed by atoms with Gasteiger partial charge in [0.2, 0.25) is 0 Å².